The van der Waals surface area contributed by atoms with Crippen LogP contribution in [0.2, 0.25) is 0 Å². The Hall–Kier alpha value is -1.61. The second-order valence-electron chi connectivity index (χ2n) is 8.90. The number of carbonyl (C=O) groups excluding carboxylic acids is 1. The number of hydrogen-bond donors (Lipinski definition) is 1. The molecule has 0 bridgehead atoms. The molecule has 0 spiro atoms. The van der Waals surface area contributed by atoms with Crippen molar-refractivity contribution in [2.75, 3.05) is 0 Å². The maximum absolute atomic E-state index is 13.1. The lowest BCUT2D eigenvalue weighted by molar-refractivity contribution is 0.0985. The minimum absolute atomic E-state index is 0.293. The Morgan fingerprint density at radius 1 is 1.15 bits per heavy atom. The largest absolute Gasteiger partial charge is 0.507 e. The van der Waals surface area contributed by atoms with Crippen molar-refractivity contribution in [2.45, 2.75) is 79.6 Å². The summed E-state index contributed by atoms with van der Waals surface area (Å²) >= 11 is 1.76. The van der Waals surface area contributed by atoms with Crippen LogP contribution in [0.5, 0.6) is 5.75 Å². The number of phenolic OH excluding ortho intramolecular Hbond substituents is 1. The fraction of sp³-hybridized carbons (Fsp3) is 0.542. The first kappa shape index (κ1) is 20.1. The number of fused-ring (bicyclic) bond motifs is 1. The van der Waals surface area contributed by atoms with E-state index < -0.39 is 0 Å². The molecule has 0 saturated carbocycles. The molecule has 1 N–H and O–H groups in total. The number of phenols is 1. The first-order chi connectivity index (χ1) is 12.7. The highest BCUT2D eigenvalue weighted by atomic mass is 32.1. The van der Waals surface area contributed by atoms with E-state index in [-0.39, 0.29) is 0 Å². The molecule has 3 heteroatoms. The van der Waals surface area contributed by atoms with Gasteiger partial charge in [0.15, 0.2) is 5.78 Å². The first-order valence-electron chi connectivity index (χ1n) is 10.2. The molecule has 1 aliphatic rings. The van der Waals surface area contributed by atoms with Crippen molar-refractivity contribution in [1.82, 2.24) is 0 Å². The zero-order valence-electron chi connectivity index (χ0n) is 17.4. The summed E-state index contributed by atoms with van der Waals surface area (Å²) in [4.78, 5) is 15.5. The van der Waals surface area contributed by atoms with Crippen LogP contribution in [0, 0.1) is 19.3 Å². The van der Waals surface area contributed by atoms with Gasteiger partial charge < -0.3 is 5.11 Å². The van der Waals surface area contributed by atoms with Gasteiger partial charge in [0, 0.05) is 11.3 Å². The highest BCUT2D eigenvalue weighted by molar-refractivity contribution is 7.14. The van der Waals surface area contributed by atoms with Gasteiger partial charge in [0.05, 0.1) is 4.88 Å². The summed E-state index contributed by atoms with van der Waals surface area (Å²) in [5.74, 6) is 0.658. The summed E-state index contributed by atoms with van der Waals surface area (Å²) in [6.07, 6.45) is 6.82. The Morgan fingerprint density at radius 3 is 2.44 bits per heavy atom. The molecule has 0 fully saturated rings. The van der Waals surface area contributed by atoms with E-state index in [1.54, 1.807) is 11.3 Å². The smallest absolute Gasteiger partial charge is 0.173 e. The number of Topliss-reactive ketones (excluding diaryl/α,β-unsaturated/α-hetero) is 1. The van der Waals surface area contributed by atoms with E-state index in [9.17, 15) is 9.90 Å². The van der Waals surface area contributed by atoms with Crippen LogP contribution < -0.4 is 0 Å². The van der Waals surface area contributed by atoms with Crippen molar-refractivity contribution in [3.63, 3.8) is 0 Å². The molecular formula is C24H32O2S. The van der Waals surface area contributed by atoms with E-state index in [0.29, 0.717) is 23.4 Å². The Balaban J connectivity index is 1.81. The second kappa shape index (κ2) is 7.79. The molecule has 2 nitrogen and oxygen atoms in total. The molecule has 0 aliphatic heterocycles. The fourth-order valence-electron chi connectivity index (χ4n) is 4.27. The van der Waals surface area contributed by atoms with Gasteiger partial charge in [-0.25, -0.2) is 0 Å². The van der Waals surface area contributed by atoms with Gasteiger partial charge in [-0.2, -0.15) is 0 Å². The standard InChI is InChI=1S/C24H32O2S/c1-6-7-21-19-14-24(4,5)11-10-18(19)23(27-21)20(25)9-8-17-12-15(2)22(26)16(3)13-17/h12-13,26H,6-11,14H2,1-5H3. The third-order valence-corrected chi connectivity index (χ3v) is 7.20. The molecule has 1 aromatic carbocycles. The molecule has 1 aliphatic carbocycles. The number of aryl methyl sites for hydroxylation is 4. The molecule has 0 amide bonds. The monoisotopic (exact) mass is 384 g/mol. The Kier molecular flexibility index (Phi) is 5.81. The molecule has 0 radical (unpaired) electrons. The SMILES string of the molecule is CCCc1sc(C(=O)CCc2cc(C)c(O)c(C)c2)c2c1CC(C)(C)CC2. The van der Waals surface area contributed by atoms with Crippen LogP contribution in [0.4, 0.5) is 0 Å². The molecule has 0 unspecified atom stereocenters. The van der Waals surface area contributed by atoms with Crippen molar-refractivity contribution >= 4 is 17.1 Å². The fourth-order valence-corrected chi connectivity index (χ4v) is 5.70. The van der Waals surface area contributed by atoms with Gasteiger partial charge >= 0.3 is 0 Å². The highest BCUT2D eigenvalue weighted by Crippen LogP contribution is 2.42. The number of ketones is 1. The number of carbonyl (C=O) groups is 1. The lowest BCUT2D eigenvalue weighted by atomic mass is 9.74. The highest BCUT2D eigenvalue weighted by Gasteiger charge is 2.31. The summed E-state index contributed by atoms with van der Waals surface area (Å²) in [5.41, 5.74) is 6.09. The first-order valence-corrected chi connectivity index (χ1v) is 11.0. The van der Waals surface area contributed by atoms with Crippen LogP contribution in [0.15, 0.2) is 12.1 Å². The summed E-state index contributed by atoms with van der Waals surface area (Å²) in [6.45, 7) is 10.8. The minimum atomic E-state index is 0.293. The van der Waals surface area contributed by atoms with E-state index in [1.165, 1.54) is 22.4 Å². The van der Waals surface area contributed by atoms with Crippen LogP contribution in [-0.4, -0.2) is 10.9 Å². The van der Waals surface area contributed by atoms with Crippen LogP contribution >= 0.6 is 11.3 Å². The normalized spacial score (nSPS) is 15.6. The van der Waals surface area contributed by atoms with E-state index >= 15 is 0 Å². The summed E-state index contributed by atoms with van der Waals surface area (Å²) in [5, 5.41) is 9.95. The molecule has 1 heterocycles. The zero-order chi connectivity index (χ0) is 19.8. The topological polar surface area (TPSA) is 37.3 Å². The summed E-state index contributed by atoms with van der Waals surface area (Å²) in [7, 11) is 0. The van der Waals surface area contributed by atoms with Crippen molar-refractivity contribution in [2.24, 2.45) is 5.41 Å². The number of rotatable bonds is 6. The Morgan fingerprint density at radius 2 is 1.81 bits per heavy atom. The van der Waals surface area contributed by atoms with Gasteiger partial charge in [-0.05, 0) is 79.2 Å². The third-order valence-electron chi connectivity index (χ3n) is 5.83. The van der Waals surface area contributed by atoms with E-state index in [2.05, 4.69) is 20.8 Å². The minimum Gasteiger partial charge on any atom is -0.507 e. The lowest BCUT2D eigenvalue weighted by Crippen LogP contribution is -2.22. The van der Waals surface area contributed by atoms with Gasteiger partial charge in [-0.3, -0.25) is 4.79 Å². The van der Waals surface area contributed by atoms with Crippen molar-refractivity contribution in [3.05, 3.63) is 49.7 Å². The molecule has 0 saturated heterocycles. The molecule has 27 heavy (non-hydrogen) atoms. The van der Waals surface area contributed by atoms with E-state index in [4.69, 9.17) is 0 Å². The van der Waals surface area contributed by atoms with Gasteiger partial charge in [0.1, 0.15) is 5.75 Å². The van der Waals surface area contributed by atoms with Crippen LogP contribution in [-0.2, 0) is 25.7 Å². The average molecular weight is 385 g/mol. The number of benzene rings is 1. The average Bonchev–Trinajstić information content (AvgIpc) is 2.94. The van der Waals surface area contributed by atoms with Crippen molar-refractivity contribution in [1.29, 1.82) is 0 Å². The maximum Gasteiger partial charge on any atom is 0.173 e. The van der Waals surface area contributed by atoms with E-state index in [0.717, 1.165) is 53.7 Å². The second-order valence-corrected chi connectivity index (χ2v) is 10.0. The molecule has 2 aromatic rings. The lowest BCUT2D eigenvalue weighted by Gasteiger charge is -2.30. The Bertz CT molecular complexity index is 835. The quantitative estimate of drug-likeness (QED) is 0.589. The molecule has 146 valence electrons. The van der Waals surface area contributed by atoms with Gasteiger partial charge in [0.25, 0.3) is 0 Å². The van der Waals surface area contributed by atoms with E-state index in [1.807, 2.05) is 26.0 Å². The molecule has 0 atom stereocenters. The number of aromatic hydroxyl groups is 1. The van der Waals surface area contributed by atoms with Crippen LogP contribution in [0.25, 0.3) is 0 Å². The van der Waals surface area contributed by atoms with Crippen LogP contribution in [0.1, 0.15) is 82.4 Å². The zero-order valence-corrected chi connectivity index (χ0v) is 18.2. The van der Waals surface area contributed by atoms with Crippen LogP contribution in [0.3, 0.4) is 0 Å². The molecule has 1 aromatic heterocycles. The number of thiophene rings is 1. The van der Waals surface area contributed by atoms with Crippen molar-refractivity contribution < 1.29 is 9.90 Å². The van der Waals surface area contributed by atoms with Gasteiger partial charge in [-0.1, -0.05) is 39.3 Å². The van der Waals surface area contributed by atoms with Gasteiger partial charge in [-0.15, -0.1) is 11.3 Å². The predicted molar refractivity (Wildman–Crippen MR) is 114 cm³/mol. The van der Waals surface area contributed by atoms with Crippen molar-refractivity contribution in [3.8, 4) is 5.75 Å². The summed E-state index contributed by atoms with van der Waals surface area (Å²) in [6, 6.07) is 4.01. The van der Waals surface area contributed by atoms with Gasteiger partial charge in [0.2, 0.25) is 0 Å². The Labute approximate surface area is 167 Å². The number of hydrogen-bond acceptors (Lipinski definition) is 3. The molecular weight excluding hydrogens is 352 g/mol. The predicted octanol–water partition coefficient (Wildman–Crippen LogP) is 6.35. The molecule has 3 rings (SSSR count). The third kappa shape index (κ3) is 4.29. The maximum atomic E-state index is 13.1. The summed E-state index contributed by atoms with van der Waals surface area (Å²) < 4.78 is 0.